The van der Waals surface area contributed by atoms with Gasteiger partial charge in [0.1, 0.15) is 11.3 Å². The van der Waals surface area contributed by atoms with Crippen molar-refractivity contribution in [3.05, 3.63) is 35.0 Å². The molecule has 2 aliphatic rings. The lowest BCUT2D eigenvalue weighted by Crippen LogP contribution is -2.41. The van der Waals surface area contributed by atoms with Gasteiger partial charge in [-0.05, 0) is 49.1 Å². The number of aromatic nitrogens is 4. The maximum Gasteiger partial charge on any atom is 0.202 e. The van der Waals surface area contributed by atoms with Crippen LogP contribution in [0.4, 0.5) is 5.82 Å². The molecular formula is C22H26ClN5. The highest BCUT2D eigenvalue weighted by Gasteiger charge is 2.42. The lowest BCUT2D eigenvalue weighted by Gasteiger charge is -2.42. The van der Waals surface area contributed by atoms with Crippen molar-refractivity contribution >= 4 is 28.6 Å². The summed E-state index contributed by atoms with van der Waals surface area (Å²) < 4.78 is 0. The van der Waals surface area contributed by atoms with Crippen LogP contribution in [-0.4, -0.2) is 33.3 Å². The zero-order valence-electron chi connectivity index (χ0n) is 16.5. The molecule has 5 rings (SSSR count). The van der Waals surface area contributed by atoms with Gasteiger partial charge in [-0.25, -0.2) is 9.97 Å². The molecule has 2 aromatic heterocycles. The zero-order chi connectivity index (χ0) is 19.3. The van der Waals surface area contributed by atoms with E-state index >= 15 is 0 Å². The molecular weight excluding hydrogens is 370 g/mol. The van der Waals surface area contributed by atoms with Crippen LogP contribution < -0.4 is 4.90 Å². The standard InChI is InChI=1S/C22H26ClN5/c1-14-5-4-8-22(14)9-11-28(12-10-22)18-13-24-20-19(26-27-21(20)25-18)16-6-3-7-17(23)15(16)2/h3,6-7,13-14H,4-5,8-12H2,1-2H3,(H,25,26,27)/t14-/m1/s1. The normalized spacial score (nSPS) is 21.7. The van der Waals surface area contributed by atoms with Crippen molar-refractivity contribution in [1.29, 1.82) is 0 Å². The second-order valence-corrected chi connectivity index (χ2v) is 8.96. The maximum atomic E-state index is 6.29. The van der Waals surface area contributed by atoms with E-state index in [1.165, 1.54) is 32.1 Å². The van der Waals surface area contributed by atoms with E-state index in [1.54, 1.807) is 0 Å². The third-order valence-corrected chi connectivity index (χ3v) is 7.64. The van der Waals surface area contributed by atoms with Crippen molar-refractivity contribution in [2.24, 2.45) is 11.3 Å². The fourth-order valence-corrected chi connectivity index (χ4v) is 5.42. The largest absolute Gasteiger partial charge is 0.355 e. The van der Waals surface area contributed by atoms with Crippen molar-refractivity contribution < 1.29 is 0 Å². The lowest BCUT2D eigenvalue weighted by molar-refractivity contribution is 0.161. The van der Waals surface area contributed by atoms with Crippen LogP contribution in [0.1, 0.15) is 44.6 Å². The summed E-state index contributed by atoms with van der Waals surface area (Å²) in [6.07, 6.45) is 8.62. The van der Waals surface area contributed by atoms with Crippen LogP contribution in [0.2, 0.25) is 5.02 Å². The molecule has 1 saturated heterocycles. The Hall–Kier alpha value is -2.14. The van der Waals surface area contributed by atoms with Gasteiger partial charge in [0.05, 0.1) is 11.9 Å². The van der Waals surface area contributed by atoms with Crippen molar-refractivity contribution in [3.63, 3.8) is 0 Å². The van der Waals surface area contributed by atoms with Crippen LogP contribution in [0.25, 0.3) is 22.4 Å². The minimum absolute atomic E-state index is 0.567. The molecule has 6 heteroatoms. The third kappa shape index (κ3) is 2.79. The molecule has 2 fully saturated rings. The van der Waals surface area contributed by atoms with Gasteiger partial charge in [0, 0.05) is 23.7 Å². The van der Waals surface area contributed by atoms with Gasteiger partial charge >= 0.3 is 0 Å². The molecule has 0 amide bonds. The Morgan fingerprint density at radius 3 is 2.79 bits per heavy atom. The van der Waals surface area contributed by atoms with E-state index in [-0.39, 0.29) is 0 Å². The molecule has 146 valence electrons. The lowest BCUT2D eigenvalue weighted by atomic mass is 9.71. The first-order chi connectivity index (χ1) is 13.6. The number of aromatic amines is 1. The van der Waals surface area contributed by atoms with Gasteiger partial charge in [-0.2, -0.15) is 5.10 Å². The first-order valence-corrected chi connectivity index (χ1v) is 10.7. The summed E-state index contributed by atoms with van der Waals surface area (Å²) in [5.74, 6) is 1.80. The summed E-state index contributed by atoms with van der Waals surface area (Å²) >= 11 is 6.29. The van der Waals surface area contributed by atoms with Gasteiger partial charge in [-0.3, -0.25) is 5.10 Å². The van der Waals surface area contributed by atoms with Gasteiger partial charge in [0.15, 0.2) is 0 Å². The van der Waals surface area contributed by atoms with Crippen LogP contribution in [0.15, 0.2) is 24.4 Å². The highest BCUT2D eigenvalue weighted by molar-refractivity contribution is 6.31. The predicted octanol–water partition coefficient (Wildman–Crippen LogP) is 5.39. The number of rotatable bonds is 2. The number of benzene rings is 1. The quantitative estimate of drug-likeness (QED) is 0.632. The number of nitrogens with one attached hydrogen (secondary N) is 1. The second kappa shape index (κ2) is 6.73. The summed E-state index contributed by atoms with van der Waals surface area (Å²) in [6.45, 7) is 6.59. The summed E-state index contributed by atoms with van der Waals surface area (Å²) in [5.41, 5.74) is 4.96. The van der Waals surface area contributed by atoms with Crippen LogP contribution in [0.5, 0.6) is 0 Å². The van der Waals surface area contributed by atoms with Crippen molar-refractivity contribution in [3.8, 4) is 11.3 Å². The highest BCUT2D eigenvalue weighted by Crippen LogP contribution is 2.50. The molecule has 1 aromatic carbocycles. The minimum atomic E-state index is 0.567. The van der Waals surface area contributed by atoms with Gasteiger partial charge in [0.25, 0.3) is 0 Å². The van der Waals surface area contributed by atoms with E-state index in [4.69, 9.17) is 21.6 Å². The fraction of sp³-hybridized carbons (Fsp3) is 0.500. The molecule has 0 unspecified atom stereocenters. The Bertz CT molecular complexity index is 1020. The van der Waals surface area contributed by atoms with E-state index in [2.05, 4.69) is 22.0 Å². The summed E-state index contributed by atoms with van der Waals surface area (Å²) in [4.78, 5) is 11.9. The second-order valence-electron chi connectivity index (χ2n) is 8.55. The zero-order valence-corrected chi connectivity index (χ0v) is 17.3. The molecule has 1 aliphatic carbocycles. The fourth-order valence-electron chi connectivity index (χ4n) is 5.24. The van der Waals surface area contributed by atoms with Crippen LogP contribution in [0.3, 0.4) is 0 Å². The van der Waals surface area contributed by atoms with Crippen LogP contribution in [-0.2, 0) is 0 Å². The first kappa shape index (κ1) is 17.9. The molecule has 1 N–H and O–H groups in total. The van der Waals surface area contributed by atoms with E-state index in [0.717, 1.165) is 52.2 Å². The topological polar surface area (TPSA) is 57.7 Å². The van der Waals surface area contributed by atoms with Gasteiger partial charge < -0.3 is 4.90 Å². The monoisotopic (exact) mass is 395 g/mol. The predicted molar refractivity (Wildman–Crippen MR) is 114 cm³/mol. The number of nitrogens with zero attached hydrogens (tertiary/aromatic N) is 4. The molecule has 1 spiro atoms. The smallest absolute Gasteiger partial charge is 0.202 e. The molecule has 3 aromatic rings. The van der Waals surface area contributed by atoms with Gasteiger partial charge in [-0.1, -0.05) is 43.5 Å². The molecule has 5 nitrogen and oxygen atoms in total. The SMILES string of the molecule is Cc1c(Cl)cccc1-c1[nH]nc2nc(N3CCC4(CCC[C@H]4C)CC3)cnc12. The number of fused-ring (bicyclic) bond motifs is 1. The minimum Gasteiger partial charge on any atom is -0.355 e. The summed E-state index contributed by atoms with van der Waals surface area (Å²) in [7, 11) is 0. The van der Waals surface area contributed by atoms with Crippen molar-refractivity contribution in [2.75, 3.05) is 18.0 Å². The highest BCUT2D eigenvalue weighted by atomic mass is 35.5. The van der Waals surface area contributed by atoms with Gasteiger partial charge in [0.2, 0.25) is 5.65 Å². The van der Waals surface area contributed by atoms with E-state index in [9.17, 15) is 0 Å². The van der Waals surface area contributed by atoms with Crippen molar-refractivity contribution in [1.82, 2.24) is 20.2 Å². The first-order valence-electron chi connectivity index (χ1n) is 10.3. The Balaban J connectivity index is 1.42. The Kier molecular flexibility index (Phi) is 4.31. The molecule has 0 radical (unpaired) electrons. The molecule has 0 bridgehead atoms. The Morgan fingerprint density at radius 2 is 2.04 bits per heavy atom. The van der Waals surface area contributed by atoms with E-state index in [0.29, 0.717) is 11.1 Å². The molecule has 1 atom stereocenters. The third-order valence-electron chi connectivity index (χ3n) is 7.23. The summed E-state index contributed by atoms with van der Waals surface area (Å²) in [5, 5.41) is 8.30. The molecule has 1 aliphatic heterocycles. The van der Waals surface area contributed by atoms with Crippen LogP contribution in [0, 0.1) is 18.3 Å². The Labute approximate surface area is 170 Å². The van der Waals surface area contributed by atoms with Gasteiger partial charge in [-0.15, -0.1) is 0 Å². The maximum absolute atomic E-state index is 6.29. The van der Waals surface area contributed by atoms with E-state index < -0.39 is 0 Å². The van der Waals surface area contributed by atoms with Crippen molar-refractivity contribution in [2.45, 2.75) is 46.0 Å². The number of anilines is 1. The molecule has 3 heterocycles. The Morgan fingerprint density at radius 1 is 1.21 bits per heavy atom. The number of halogens is 1. The number of H-pyrrole nitrogens is 1. The summed E-state index contributed by atoms with van der Waals surface area (Å²) in [6, 6.07) is 5.89. The van der Waals surface area contributed by atoms with Crippen LogP contribution >= 0.6 is 11.6 Å². The number of hydrogen-bond acceptors (Lipinski definition) is 4. The average molecular weight is 396 g/mol. The molecule has 28 heavy (non-hydrogen) atoms. The molecule has 1 saturated carbocycles. The average Bonchev–Trinajstić information content (AvgIpc) is 3.28. The van der Waals surface area contributed by atoms with E-state index in [1.807, 2.05) is 31.3 Å². The number of hydrogen-bond donors (Lipinski definition) is 1. The number of piperidine rings is 1.